The molecule has 0 N–H and O–H groups in total. The van der Waals surface area contributed by atoms with E-state index in [0.29, 0.717) is 0 Å². The van der Waals surface area contributed by atoms with Crippen LogP contribution in [0.2, 0.25) is 0 Å². The lowest BCUT2D eigenvalue weighted by Gasteiger charge is -2.24. The quantitative estimate of drug-likeness (QED) is 0.383. The topological polar surface area (TPSA) is 12.9 Å². The van der Waals surface area contributed by atoms with Crippen molar-refractivity contribution in [3.8, 4) is 0 Å². The van der Waals surface area contributed by atoms with Gasteiger partial charge in [0.25, 0.3) is 0 Å². The van der Waals surface area contributed by atoms with Crippen LogP contribution in [-0.2, 0) is 10.8 Å². The molecule has 0 saturated carbocycles. The highest BCUT2D eigenvalue weighted by molar-refractivity contribution is 5.93. The Morgan fingerprint density at radius 3 is 1.72 bits per heavy atom. The summed E-state index contributed by atoms with van der Waals surface area (Å²) < 4.78 is 0. The number of aromatic nitrogens is 1. The highest BCUT2D eigenvalue weighted by Gasteiger charge is 2.20. The van der Waals surface area contributed by atoms with Crippen LogP contribution >= 0.6 is 0 Å². The molecule has 1 nitrogen and oxygen atoms in total. The molecular formula is C31H39N. The fourth-order valence-electron chi connectivity index (χ4n) is 4.05. The summed E-state index contributed by atoms with van der Waals surface area (Å²) in [5.41, 5.74) is 13.3. The normalized spacial score (nSPS) is 12.9. The lowest BCUT2D eigenvalue weighted by atomic mass is 9.80. The minimum Gasteiger partial charge on any atom is -0.265 e. The molecule has 0 radical (unpaired) electrons. The SMILES string of the molecule is Cc1cc(C(C)(C)C)cc(/C=C(/c2ccncc2)c2cc(C(C)(C)C)cc(C)c2C)c1C. The zero-order valence-corrected chi connectivity index (χ0v) is 21.6. The third kappa shape index (κ3) is 5.04. The van der Waals surface area contributed by atoms with Gasteiger partial charge in [-0.3, -0.25) is 4.98 Å². The molecule has 0 unspecified atom stereocenters. The summed E-state index contributed by atoms with van der Waals surface area (Å²) in [5.74, 6) is 0. The van der Waals surface area contributed by atoms with Gasteiger partial charge in [-0.2, -0.15) is 0 Å². The maximum atomic E-state index is 4.28. The Bertz CT molecular complexity index is 1150. The summed E-state index contributed by atoms with van der Waals surface area (Å²) in [7, 11) is 0. The van der Waals surface area contributed by atoms with Gasteiger partial charge in [-0.05, 0) is 112 Å². The van der Waals surface area contributed by atoms with Crippen LogP contribution in [-0.4, -0.2) is 4.98 Å². The van der Waals surface area contributed by atoms with E-state index in [-0.39, 0.29) is 10.8 Å². The summed E-state index contributed by atoms with van der Waals surface area (Å²) in [4.78, 5) is 4.28. The molecule has 1 aromatic heterocycles. The van der Waals surface area contributed by atoms with E-state index >= 15 is 0 Å². The second-order valence-corrected chi connectivity index (χ2v) is 11.3. The van der Waals surface area contributed by atoms with Gasteiger partial charge in [-0.25, -0.2) is 0 Å². The molecular weight excluding hydrogens is 386 g/mol. The third-order valence-electron chi connectivity index (χ3n) is 6.69. The molecule has 0 atom stereocenters. The molecule has 0 aliphatic carbocycles. The first-order valence-corrected chi connectivity index (χ1v) is 11.6. The first-order valence-electron chi connectivity index (χ1n) is 11.6. The van der Waals surface area contributed by atoms with Crippen LogP contribution < -0.4 is 0 Å². The fourth-order valence-corrected chi connectivity index (χ4v) is 4.05. The molecule has 3 aromatic rings. The lowest BCUT2D eigenvalue weighted by molar-refractivity contribution is 0.589. The van der Waals surface area contributed by atoms with Gasteiger partial charge in [-0.1, -0.05) is 65.8 Å². The average Bonchev–Trinajstić information content (AvgIpc) is 2.70. The third-order valence-corrected chi connectivity index (χ3v) is 6.69. The Morgan fingerprint density at radius 2 is 1.19 bits per heavy atom. The predicted molar refractivity (Wildman–Crippen MR) is 140 cm³/mol. The highest BCUT2D eigenvalue weighted by atomic mass is 14.6. The second kappa shape index (κ2) is 8.70. The summed E-state index contributed by atoms with van der Waals surface area (Å²) in [5, 5.41) is 0. The minimum atomic E-state index is 0.0925. The number of nitrogens with zero attached hydrogens (tertiary/aromatic N) is 1. The molecule has 0 spiro atoms. The molecule has 32 heavy (non-hydrogen) atoms. The summed E-state index contributed by atoms with van der Waals surface area (Å²) in [6.45, 7) is 22.7. The van der Waals surface area contributed by atoms with Crippen molar-refractivity contribution in [2.24, 2.45) is 0 Å². The van der Waals surface area contributed by atoms with Gasteiger partial charge in [0.2, 0.25) is 0 Å². The van der Waals surface area contributed by atoms with Crippen molar-refractivity contribution >= 4 is 11.6 Å². The van der Waals surface area contributed by atoms with E-state index in [2.05, 4.69) is 117 Å². The van der Waals surface area contributed by atoms with Crippen LogP contribution in [0.4, 0.5) is 0 Å². The van der Waals surface area contributed by atoms with Gasteiger partial charge in [-0.15, -0.1) is 0 Å². The van der Waals surface area contributed by atoms with E-state index in [1.54, 1.807) is 0 Å². The smallest absolute Gasteiger partial charge is 0.0273 e. The minimum absolute atomic E-state index is 0.0925. The lowest BCUT2D eigenvalue weighted by Crippen LogP contribution is -2.13. The molecule has 0 fully saturated rings. The second-order valence-electron chi connectivity index (χ2n) is 11.3. The maximum Gasteiger partial charge on any atom is 0.0273 e. The summed E-state index contributed by atoms with van der Waals surface area (Å²) >= 11 is 0. The predicted octanol–water partition coefficient (Wildman–Crippen LogP) is 8.50. The van der Waals surface area contributed by atoms with Crippen molar-refractivity contribution in [3.63, 3.8) is 0 Å². The van der Waals surface area contributed by atoms with Crippen LogP contribution in [0, 0.1) is 27.7 Å². The van der Waals surface area contributed by atoms with E-state index in [1.807, 2.05) is 12.4 Å². The van der Waals surface area contributed by atoms with Gasteiger partial charge in [0.1, 0.15) is 0 Å². The van der Waals surface area contributed by atoms with E-state index in [9.17, 15) is 0 Å². The van der Waals surface area contributed by atoms with Crippen LogP contribution in [0.15, 0.2) is 48.8 Å². The highest BCUT2D eigenvalue weighted by Crippen LogP contribution is 2.36. The van der Waals surface area contributed by atoms with Crippen LogP contribution in [0.3, 0.4) is 0 Å². The standard InChI is InChI=1S/C31H39N/c1-20-15-26(30(5,6)7)17-25(22(20)3)18-29(24-11-13-32-14-12-24)28-19-27(31(8,9)10)16-21(2)23(28)4/h11-19H,1-10H3/b29-18-. The van der Waals surface area contributed by atoms with Crippen LogP contribution in [0.1, 0.15) is 91.6 Å². The molecule has 0 aliphatic rings. The molecule has 2 aromatic carbocycles. The maximum absolute atomic E-state index is 4.28. The molecule has 0 saturated heterocycles. The largest absolute Gasteiger partial charge is 0.265 e. The van der Waals surface area contributed by atoms with Crippen molar-refractivity contribution in [3.05, 3.63) is 98.9 Å². The van der Waals surface area contributed by atoms with Crippen molar-refractivity contribution in [2.75, 3.05) is 0 Å². The van der Waals surface area contributed by atoms with Gasteiger partial charge in [0.05, 0.1) is 0 Å². The van der Waals surface area contributed by atoms with Gasteiger partial charge in [0, 0.05) is 12.4 Å². The van der Waals surface area contributed by atoms with E-state index in [4.69, 9.17) is 0 Å². The fraction of sp³-hybridized carbons (Fsp3) is 0.387. The number of benzene rings is 2. The Morgan fingerprint density at radius 1 is 0.688 bits per heavy atom. The molecule has 3 rings (SSSR count). The molecule has 0 bridgehead atoms. The number of pyridine rings is 1. The Balaban J connectivity index is 2.36. The first kappa shape index (κ1) is 24.0. The van der Waals surface area contributed by atoms with Crippen molar-refractivity contribution in [2.45, 2.75) is 80.1 Å². The van der Waals surface area contributed by atoms with Gasteiger partial charge in [0.15, 0.2) is 0 Å². The Hall–Kier alpha value is -2.67. The van der Waals surface area contributed by atoms with E-state index in [0.717, 1.165) is 0 Å². The van der Waals surface area contributed by atoms with Crippen LogP contribution in [0.5, 0.6) is 0 Å². The van der Waals surface area contributed by atoms with Crippen molar-refractivity contribution in [1.82, 2.24) is 4.98 Å². The molecule has 1 heterocycles. The molecule has 168 valence electrons. The average molecular weight is 426 g/mol. The first-order chi connectivity index (χ1) is 14.8. The summed E-state index contributed by atoms with van der Waals surface area (Å²) in [6.07, 6.45) is 6.17. The number of hydrogen-bond donors (Lipinski definition) is 0. The molecule has 1 heteroatoms. The number of rotatable bonds is 3. The number of hydrogen-bond acceptors (Lipinski definition) is 1. The molecule has 0 aliphatic heterocycles. The van der Waals surface area contributed by atoms with Crippen molar-refractivity contribution < 1.29 is 0 Å². The van der Waals surface area contributed by atoms with Gasteiger partial charge < -0.3 is 0 Å². The summed E-state index contributed by atoms with van der Waals surface area (Å²) in [6, 6.07) is 13.7. The van der Waals surface area contributed by atoms with E-state index < -0.39 is 0 Å². The number of aryl methyl sites for hydroxylation is 2. The monoisotopic (exact) mass is 425 g/mol. The van der Waals surface area contributed by atoms with Crippen molar-refractivity contribution in [1.29, 1.82) is 0 Å². The Labute approximate surface area is 195 Å². The molecule has 0 amide bonds. The van der Waals surface area contributed by atoms with E-state index in [1.165, 1.54) is 55.6 Å². The van der Waals surface area contributed by atoms with Crippen LogP contribution in [0.25, 0.3) is 11.6 Å². The zero-order chi connectivity index (χ0) is 23.8. The Kier molecular flexibility index (Phi) is 6.52. The van der Waals surface area contributed by atoms with Gasteiger partial charge >= 0.3 is 0 Å². The zero-order valence-electron chi connectivity index (χ0n) is 21.6.